The minimum absolute atomic E-state index is 0.0497. The number of benzene rings is 2. The van der Waals surface area contributed by atoms with E-state index in [1.54, 1.807) is 18.2 Å². The molecule has 0 unspecified atom stereocenters. The number of carbonyl (C=O) groups is 3. The fourth-order valence-electron chi connectivity index (χ4n) is 4.54. The molecule has 1 aliphatic heterocycles. The molecule has 1 aliphatic carbocycles. The Labute approximate surface area is 249 Å². The third-order valence-corrected chi connectivity index (χ3v) is 8.97. The highest BCUT2D eigenvalue weighted by Gasteiger charge is 2.43. The molecule has 1 saturated carbocycles. The SMILES string of the molecule is O=C(NC1CC1)c1ccc(-c2csc(NC(=O)[C@@H]3CS[C@H](c4cc[nH]c(=O)c4)N3C(=O)OCc3ccccc3)n2)cc1. The van der Waals surface area contributed by atoms with Gasteiger partial charge in [-0.25, -0.2) is 9.78 Å². The molecule has 4 aromatic rings. The van der Waals surface area contributed by atoms with Crippen molar-refractivity contribution in [3.8, 4) is 11.3 Å². The second-order valence-corrected chi connectivity index (χ2v) is 12.0. The standard InChI is InChI=1S/C30H27N5O5S2/c36-25-14-21(12-13-31-25)28-35(30(39)40-15-18-4-2-1-3-5-18)24(17-41-28)27(38)34-29-33-23(16-42-29)19-6-8-20(9-7-19)26(37)32-22-10-11-22/h1-9,12-14,16,22,24,28H,10-11,15,17H2,(H,31,36)(H,32,37)(H,33,34,38)/t24-,28+/m0/s1. The van der Waals surface area contributed by atoms with Gasteiger partial charge in [-0.05, 0) is 42.2 Å². The number of anilines is 1. The number of thiazole rings is 1. The summed E-state index contributed by atoms with van der Waals surface area (Å²) in [5, 5.41) is 7.45. The Morgan fingerprint density at radius 3 is 2.57 bits per heavy atom. The van der Waals surface area contributed by atoms with Crippen molar-refractivity contribution in [2.45, 2.75) is 36.9 Å². The molecule has 0 bridgehead atoms. The Hall–Kier alpha value is -4.42. The predicted molar refractivity (Wildman–Crippen MR) is 161 cm³/mol. The Morgan fingerprint density at radius 1 is 1.05 bits per heavy atom. The van der Waals surface area contributed by atoms with Gasteiger partial charge < -0.3 is 20.4 Å². The lowest BCUT2D eigenvalue weighted by atomic mass is 10.1. The number of hydrogen-bond donors (Lipinski definition) is 3. The molecule has 3 amide bonds. The minimum Gasteiger partial charge on any atom is -0.444 e. The van der Waals surface area contributed by atoms with Crippen molar-refractivity contribution in [2.24, 2.45) is 0 Å². The van der Waals surface area contributed by atoms with Crippen LogP contribution in [0.25, 0.3) is 11.3 Å². The van der Waals surface area contributed by atoms with Gasteiger partial charge in [-0.2, -0.15) is 0 Å². The van der Waals surface area contributed by atoms with E-state index in [1.165, 1.54) is 40.3 Å². The maximum atomic E-state index is 13.5. The number of carbonyl (C=O) groups excluding carboxylic acids is 3. The minimum atomic E-state index is -0.848. The number of aromatic nitrogens is 2. The Bertz CT molecular complexity index is 1650. The third kappa shape index (κ3) is 6.39. The van der Waals surface area contributed by atoms with Gasteiger partial charge in [0.2, 0.25) is 11.5 Å². The number of nitrogens with zero attached hydrogens (tertiary/aromatic N) is 2. The van der Waals surface area contributed by atoms with Crippen LogP contribution in [0.3, 0.4) is 0 Å². The molecule has 2 aliphatic rings. The Morgan fingerprint density at radius 2 is 1.83 bits per heavy atom. The first kappa shape index (κ1) is 27.7. The summed E-state index contributed by atoms with van der Waals surface area (Å²) < 4.78 is 5.60. The lowest BCUT2D eigenvalue weighted by Gasteiger charge is -2.28. The van der Waals surface area contributed by atoms with Gasteiger partial charge >= 0.3 is 6.09 Å². The molecule has 12 heteroatoms. The molecule has 3 heterocycles. The Kier molecular flexibility index (Phi) is 8.06. The molecule has 2 fully saturated rings. The molecule has 6 rings (SSSR count). The first-order valence-corrected chi connectivity index (χ1v) is 15.3. The number of amides is 3. The summed E-state index contributed by atoms with van der Waals surface area (Å²) in [6.45, 7) is 0.0497. The maximum Gasteiger partial charge on any atom is 0.412 e. The molecule has 2 aromatic carbocycles. The van der Waals surface area contributed by atoms with Crippen molar-refractivity contribution in [3.05, 3.63) is 105 Å². The van der Waals surface area contributed by atoms with Gasteiger partial charge in [-0.3, -0.25) is 19.3 Å². The fourth-order valence-corrected chi connectivity index (χ4v) is 6.67. The Balaban J connectivity index is 1.16. The molecule has 1 saturated heterocycles. The molecule has 42 heavy (non-hydrogen) atoms. The molecule has 0 radical (unpaired) electrons. The quantitative estimate of drug-likeness (QED) is 0.265. The van der Waals surface area contributed by atoms with Crippen molar-refractivity contribution in [1.82, 2.24) is 20.2 Å². The van der Waals surface area contributed by atoms with E-state index in [9.17, 15) is 19.2 Å². The monoisotopic (exact) mass is 601 g/mol. The van der Waals surface area contributed by atoms with Gasteiger partial charge in [0.15, 0.2) is 5.13 Å². The van der Waals surface area contributed by atoms with Gasteiger partial charge in [-0.15, -0.1) is 23.1 Å². The number of ether oxygens (including phenoxy) is 1. The molecule has 10 nitrogen and oxygen atoms in total. The molecule has 214 valence electrons. The average Bonchev–Trinajstić information content (AvgIpc) is 3.50. The highest BCUT2D eigenvalue weighted by molar-refractivity contribution is 7.99. The zero-order valence-corrected chi connectivity index (χ0v) is 24.0. The lowest BCUT2D eigenvalue weighted by Crippen LogP contribution is -2.45. The summed E-state index contributed by atoms with van der Waals surface area (Å²) in [4.78, 5) is 59.7. The molecule has 2 atom stereocenters. The van der Waals surface area contributed by atoms with Crippen LogP contribution in [0.4, 0.5) is 9.93 Å². The van der Waals surface area contributed by atoms with E-state index in [2.05, 4.69) is 20.6 Å². The molecule has 3 N–H and O–H groups in total. The molecular weight excluding hydrogens is 574 g/mol. The molecule has 0 spiro atoms. The first-order valence-electron chi connectivity index (χ1n) is 13.4. The predicted octanol–water partition coefficient (Wildman–Crippen LogP) is 4.78. The highest BCUT2D eigenvalue weighted by Crippen LogP contribution is 2.42. The van der Waals surface area contributed by atoms with E-state index in [1.807, 2.05) is 47.8 Å². The topological polar surface area (TPSA) is 133 Å². The van der Waals surface area contributed by atoms with E-state index >= 15 is 0 Å². The molecular formula is C30H27N5O5S2. The zero-order chi connectivity index (χ0) is 29.1. The van der Waals surface area contributed by atoms with E-state index in [4.69, 9.17) is 4.74 Å². The number of thioether (sulfide) groups is 1. The highest BCUT2D eigenvalue weighted by atomic mass is 32.2. The fraction of sp³-hybridized carbons (Fsp3) is 0.233. The van der Waals surface area contributed by atoms with Gasteiger partial charge in [0.25, 0.3) is 5.91 Å². The van der Waals surface area contributed by atoms with Gasteiger partial charge in [0, 0.05) is 40.6 Å². The van der Waals surface area contributed by atoms with Crippen LogP contribution in [-0.4, -0.2) is 50.6 Å². The van der Waals surface area contributed by atoms with E-state index in [0.717, 1.165) is 24.0 Å². The van der Waals surface area contributed by atoms with E-state index < -0.39 is 23.4 Å². The van der Waals surface area contributed by atoms with Gasteiger partial charge in [0.05, 0.1) is 5.69 Å². The number of hydrogen-bond acceptors (Lipinski definition) is 8. The van der Waals surface area contributed by atoms with Crippen LogP contribution in [0.5, 0.6) is 0 Å². The summed E-state index contributed by atoms with van der Waals surface area (Å²) in [7, 11) is 0. The summed E-state index contributed by atoms with van der Waals surface area (Å²) in [5.41, 5.74) is 3.17. The summed E-state index contributed by atoms with van der Waals surface area (Å²) >= 11 is 2.65. The van der Waals surface area contributed by atoms with Crippen molar-refractivity contribution in [1.29, 1.82) is 0 Å². The second kappa shape index (κ2) is 12.2. The summed E-state index contributed by atoms with van der Waals surface area (Å²) in [6.07, 6.45) is 2.91. The number of nitrogens with one attached hydrogen (secondary N) is 3. The van der Waals surface area contributed by atoms with Crippen LogP contribution < -0.4 is 16.2 Å². The number of aromatic amines is 1. The summed E-state index contributed by atoms with van der Waals surface area (Å²) in [5.74, 6) is -0.179. The lowest BCUT2D eigenvalue weighted by molar-refractivity contribution is -0.120. The number of H-pyrrole nitrogens is 1. The van der Waals surface area contributed by atoms with Crippen molar-refractivity contribution >= 4 is 46.1 Å². The van der Waals surface area contributed by atoms with Crippen molar-refractivity contribution < 1.29 is 19.1 Å². The summed E-state index contributed by atoms with van der Waals surface area (Å²) in [6, 6.07) is 19.0. The second-order valence-electron chi connectivity index (χ2n) is 9.99. The van der Waals surface area contributed by atoms with Crippen molar-refractivity contribution in [2.75, 3.05) is 11.1 Å². The van der Waals surface area contributed by atoms with Crippen LogP contribution >= 0.6 is 23.1 Å². The maximum absolute atomic E-state index is 13.5. The van der Waals surface area contributed by atoms with Crippen LogP contribution in [-0.2, 0) is 16.1 Å². The van der Waals surface area contributed by atoms with E-state index in [-0.39, 0.29) is 24.1 Å². The van der Waals surface area contributed by atoms with E-state index in [0.29, 0.717) is 27.7 Å². The molecule has 2 aromatic heterocycles. The number of rotatable bonds is 8. The zero-order valence-electron chi connectivity index (χ0n) is 22.3. The largest absolute Gasteiger partial charge is 0.444 e. The smallest absolute Gasteiger partial charge is 0.412 e. The first-order chi connectivity index (χ1) is 20.4. The van der Waals surface area contributed by atoms with Gasteiger partial charge in [-0.1, -0.05) is 42.5 Å². The average molecular weight is 602 g/mol. The van der Waals surface area contributed by atoms with Crippen LogP contribution in [0.2, 0.25) is 0 Å². The third-order valence-electron chi connectivity index (χ3n) is 6.89. The van der Waals surface area contributed by atoms with Gasteiger partial charge in [0.1, 0.15) is 18.0 Å². The van der Waals surface area contributed by atoms with Crippen LogP contribution in [0.15, 0.2) is 83.1 Å². The normalized spacial score (nSPS) is 18.0. The van der Waals surface area contributed by atoms with Crippen molar-refractivity contribution in [3.63, 3.8) is 0 Å². The van der Waals surface area contributed by atoms with Crippen LogP contribution in [0.1, 0.15) is 39.7 Å². The number of pyridine rings is 1. The van der Waals surface area contributed by atoms with Crippen LogP contribution in [0, 0.1) is 0 Å².